The van der Waals surface area contributed by atoms with Gasteiger partial charge >= 0.3 is 0 Å². The van der Waals surface area contributed by atoms with Crippen LogP contribution in [-0.4, -0.2) is 29.9 Å². The molecule has 0 saturated heterocycles. The van der Waals surface area contributed by atoms with Gasteiger partial charge in [-0.1, -0.05) is 322 Å². The van der Waals surface area contributed by atoms with Gasteiger partial charge in [-0.2, -0.15) is 0 Å². The molecule has 20 rings (SSSR count). The summed E-state index contributed by atoms with van der Waals surface area (Å²) in [5.74, 6) is 3.80. The van der Waals surface area contributed by atoms with Crippen LogP contribution in [0.3, 0.4) is 0 Å². The summed E-state index contributed by atoms with van der Waals surface area (Å²) in [6.45, 7) is 0. The molecule has 6 nitrogen and oxygen atoms in total. The molecule has 0 fully saturated rings. The molecule has 0 saturated carbocycles. The molecule has 4 aromatic heterocycles. The molecule has 4 heterocycles. The first-order valence-corrected chi connectivity index (χ1v) is 37.3. The van der Waals surface area contributed by atoms with Gasteiger partial charge < -0.3 is 0 Å². The molecule has 0 radical (unpaired) electrons. The summed E-state index contributed by atoms with van der Waals surface area (Å²) in [6, 6.07) is 130. The van der Waals surface area contributed by atoms with Crippen LogP contribution in [0.15, 0.2) is 364 Å². The number of nitrogens with zero attached hydrogens (tertiary/aromatic N) is 6. The number of hydrogen-bond donors (Lipinski definition) is 0. The Labute approximate surface area is 620 Å². The third kappa shape index (κ3) is 11.4. The van der Waals surface area contributed by atoms with Gasteiger partial charge in [-0.15, -0.1) is 22.7 Å². The quantitative estimate of drug-likeness (QED) is 0.114. The Morgan fingerprint density at radius 3 is 0.934 bits per heavy atom. The van der Waals surface area contributed by atoms with E-state index in [0.717, 1.165) is 81.7 Å². The van der Waals surface area contributed by atoms with E-state index in [1.54, 1.807) is 22.7 Å². The first-order valence-electron chi connectivity index (χ1n) is 35.6. The summed E-state index contributed by atoms with van der Waals surface area (Å²) in [5, 5.41) is 9.56. The average Bonchev–Trinajstić information content (AvgIpc) is 1.30. The maximum atomic E-state index is 5.32. The fraction of sp³-hybridized carbons (Fsp3) is 0. The molecule has 16 aromatic carbocycles. The Balaban J connectivity index is 0.595. The van der Waals surface area contributed by atoms with Crippen molar-refractivity contribution in [2.24, 2.45) is 0 Å². The van der Waals surface area contributed by atoms with E-state index in [2.05, 4.69) is 328 Å². The van der Waals surface area contributed by atoms with Crippen LogP contribution in [-0.2, 0) is 0 Å². The number of rotatable bonds is 13. The highest BCUT2D eigenvalue weighted by Gasteiger charge is 2.22. The van der Waals surface area contributed by atoms with Crippen LogP contribution < -0.4 is 0 Å². The van der Waals surface area contributed by atoms with Crippen LogP contribution in [0.4, 0.5) is 0 Å². The third-order valence-electron chi connectivity index (χ3n) is 20.5. The minimum Gasteiger partial charge on any atom is -0.208 e. The number of benzene rings is 16. The van der Waals surface area contributed by atoms with Gasteiger partial charge in [0.25, 0.3) is 0 Å². The first kappa shape index (κ1) is 62.3. The van der Waals surface area contributed by atoms with E-state index in [9.17, 15) is 0 Å². The highest BCUT2D eigenvalue weighted by molar-refractivity contribution is 7.26. The molecule has 106 heavy (non-hydrogen) atoms. The van der Waals surface area contributed by atoms with Gasteiger partial charge in [-0.05, 0) is 142 Å². The molecule has 0 unspecified atom stereocenters. The lowest BCUT2D eigenvalue weighted by molar-refractivity contribution is 1.08. The summed E-state index contributed by atoms with van der Waals surface area (Å²) in [7, 11) is 0. The van der Waals surface area contributed by atoms with E-state index in [0.29, 0.717) is 34.9 Å². The zero-order valence-corrected chi connectivity index (χ0v) is 58.8. The monoisotopic (exact) mass is 1380 g/mol. The molecule has 0 aliphatic carbocycles. The number of aromatic nitrogens is 6. The first-order chi connectivity index (χ1) is 52.5. The van der Waals surface area contributed by atoms with Crippen molar-refractivity contribution in [2.45, 2.75) is 0 Å². The van der Waals surface area contributed by atoms with Crippen LogP contribution in [0.2, 0.25) is 0 Å². The van der Waals surface area contributed by atoms with Crippen molar-refractivity contribution < 1.29 is 0 Å². The van der Waals surface area contributed by atoms with Crippen LogP contribution in [0.1, 0.15) is 0 Å². The van der Waals surface area contributed by atoms with Crippen LogP contribution in [0, 0.1) is 0 Å². The van der Waals surface area contributed by atoms with Gasteiger partial charge in [0.05, 0.1) is 0 Å². The van der Waals surface area contributed by atoms with Crippen molar-refractivity contribution in [3.63, 3.8) is 0 Å². The van der Waals surface area contributed by atoms with Crippen molar-refractivity contribution >= 4 is 84.6 Å². The van der Waals surface area contributed by atoms with Crippen molar-refractivity contribution in [1.82, 2.24) is 29.9 Å². The van der Waals surface area contributed by atoms with Crippen LogP contribution >= 0.6 is 22.7 Å². The number of thiophene rings is 2. The zero-order valence-electron chi connectivity index (χ0n) is 57.1. The van der Waals surface area contributed by atoms with Crippen LogP contribution in [0.5, 0.6) is 0 Å². The Morgan fingerprint density at radius 1 is 0.142 bits per heavy atom. The lowest BCUT2D eigenvalue weighted by Gasteiger charge is -2.16. The Bertz CT molecular complexity index is 6810. The third-order valence-corrected chi connectivity index (χ3v) is 22.9. The minimum absolute atomic E-state index is 0.620. The molecule has 0 atom stereocenters. The van der Waals surface area contributed by atoms with E-state index in [1.807, 2.05) is 36.4 Å². The summed E-state index contributed by atoms with van der Waals surface area (Å²) in [5.41, 5.74) is 21.9. The van der Waals surface area contributed by atoms with Gasteiger partial charge in [-0.25, -0.2) is 29.9 Å². The second-order valence-electron chi connectivity index (χ2n) is 26.8. The van der Waals surface area contributed by atoms with Gasteiger partial charge in [0.2, 0.25) is 0 Å². The van der Waals surface area contributed by atoms with E-state index in [1.165, 1.54) is 91.4 Å². The van der Waals surface area contributed by atoms with Gasteiger partial charge in [0.1, 0.15) is 0 Å². The molecule has 0 N–H and O–H groups in total. The van der Waals surface area contributed by atoms with E-state index < -0.39 is 0 Å². The topological polar surface area (TPSA) is 77.3 Å². The SMILES string of the molecule is c1ccc(-c2cccc(-c3ccc(-c4cccc(-c5nc(-c6ccccc6)nc(-c6cccc7c6sc6cc(-c8ccc(-c9ccc(-c%10ccc(-c%11cccc(-c%12nc(-c%13ccccc%13)nc(-c%13cccc%14c%13sc%13ccccc%13%14)n%12)c%11)c%11ccccc%10%11)c%10ccccc9%10)cc8)ccc67)n5)c4)cc3)c2)cc1. The molecule has 0 aliphatic rings. The molecular weight excluding hydrogens is 1330 g/mol. The number of hydrogen-bond acceptors (Lipinski definition) is 8. The fourth-order valence-electron chi connectivity index (χ4n) is 15.2. The molecule has 0 bridgehead atoms. The second-order valence-corrected chi connectivity index (χ2v) is 28.9. The highest BCUT2D eigenvalue weighted by Crippen LogP contribution is 2.46. The van der Waals surface area contributed by atoms with Crippen molar-refractivity contribution in [3.05, 3.63) is 364 Å². The van der Waals surface area contributed by atoms with Crippen LogP contribution in [0.25, 0.3) is 208 Å². The predicted molar refractivity (Wildman–Crippen MR) is 445 cm³/mol. The standard InChI is InChI=1S/C98H60N6S2/c1-4-21-61(22-5-1)68-27-16-28-69(57-68)62-43-45-63(46-44-62)70-29-17-31-73(58-70)95-99-93(66-23-6-2-7-24-66)102-98(103-95)88-41-20-39-86-84-52-51-71(60-90(84)106-92(86)88)64-47-49-65(50-48-64)75-53-55-81(79-35-12-10-33-77(75)79)82-56-54-76(78-34-11-13-36-80(78)82)72-30-18-32-74(59-72)96-100-94(67-25-8-3-9-26-67)101-97(104-96)87-40-19-38-85-83-37-14-15-42-89(83)105-91(85)87/h1-60H. The largest absolute Gasteiger partial charge is 0.208 e. The van der Waals surface area contributed by atoms with Crippen molar-refractivity contribution in [2.75, 3.05) is 0 Å². The smallest absolute Gasteiger partial charge is 0.165 e. The van der Waals surface area contributed by atoms with Crippen molar-refractivity contribution in [1.29, 1.82) is 0 Å². The molecule has 20 aromatic rings. The zero-order chi connectivity index (χ0) is 70.0. The molecule has 0 aliphatic heterocycles. The second kappa shape index (κ2) is 26.4. The Kier molecular flexibility index (Phi) is 15.5. The van der Waals surface area contributed by atoms with Gasteiger partial charge in [0.15, 0.2) is 34.9 Å². The maximum Gasteiger partial charge on any atom is 0.165 e. The molecule has 0 spiro atoms. The fourth-order valence-corrected chi connectivity index (χ4v) is 17.7. The predicted octanol–water partition coefficient (Wildman–Crippen LogP) is 26.8. The Morgan fingerprint density at radius 2 is 0.434 bits per heavy atom. The van der Waals surface area contributed by atoms with Gasteiger partial charge in [-0.3, -0.25) is 0 Å². The van der Waals surface area contributed by atoms with E-state index in [-0.39, 0.29) is 0 Å². The molecule has 494 valence electrons. The summed E-state index contributed by atoms with van der Waals surface area (Å²) >= 11 is 3.57. The normalized spacial score (nSPS) is 11.6. The van der Waals surface area contributed by atoms with E-state index in [4.69, 9.17) is 29.9 Å². The Hall–Kier alpha value is -13.5. The summed E-state index contributed by atoms with van der Waals surface area (Å²) < 4.78 is 4.74. The number of fused-ring (bicyclic) bond motifs is 8. The molecule has 0 amide bonds. The van der Waals surface area contributed by atoms with Gasteiger partial charge in [0, 0.05) is 73.7 Å². The maximum absolute atomic E-state index is 5.32. The lowest BCUT2D eigenvalue weighted by atomic mass is 9.87. The van der Waals surface area contributed by atoms with E-state index >= 15 is 0 Å². The molecule has 8 heteroatoms. The van der Waals surface area contributed by atoms with Crippen molar-refractivity contribution in [3.8, 4) is 146 Å². The highest BCUT2D eigenvalue weighted by atomic mass is 32.1. The summed E-state index contributed by atoms with van der Waals surface area (Å²) in [4.78, 5) is 31.4. The molecular formula is C98H60N6S2. The minimum atomic E-state index is 0.620. The lowest BCUT2D eigenvalue weighted by Crippen LogP contribution is -2.00. The average molecular weight is 1390 g/mol. The summed E-state index contributed by atoms with van der Waals surface area (Å²) in [6.07, 6.45) is 0.